The molecule has 1 rings (SSSR count). The third-order valence-electron chi connectivity index (χ3n) is 2.26. The average molecular weight is 231 g/mol. The summed E-state index contributed by atoms with van der Waals surface area (Å²) >= 11 is 11.9. The van der Waals surface area contributed by atoms with Gasteiger partial charge in [-0.2, -0.15) is 0 Å². The molecule has 1 aromatic rings. The predicted molar refractivity (Wildman–Crippen MR) is 62.0 cm³/mol. The minimum atomic E-state index is 0.330. The highest BCUT2D eigenvalue weighted by Crippen LogP contribution is 2.29. The lowest BCUT2D eigenvalue weighted by atomic mass is 10.0. The Hall–Kier alpha value is -0.240. The Morgan fingerprint density at radius 1 is 1.36 bits per heavy atom. The van der Waals surface area contributed by atoms with E-state index in [1.807, 2.05) is 26.2 Å². The van der Waals surface area contributed by atoms with Crippen LogP contribution < -0.4 is 0 Å². The van der Waals surface area contributed by atoms with Crippen LogP contribution in [0.5, 0.6) is 0 Å². The highest BCUT2D eigenvalue weighted by molar-refractivity contribution is 6.34. The zero-order valence-electron chi connectivity index (χ0n) is 8.64. The van der Waals surface area contributed by atoms with Crippen molar-refractivity contribution in [2.75, 3.05) is 14.1 Å². The number of halogens is 2. The largest absolute Gasteiger partial charge is 0.302 e. The second-order valence-electron chi connectivity index (χ2n) is 3.46. The quantitative estimate of drug-likeness (QED) is 0.764. The van der Waals surface area contributed by atoms with Crippen molar-refractivity contribution in [1.82, 2.24) is 4.90 Å². The molecule has 3 heteroatoms. The monoisotopic (exact) mass is 230 g/mol. The molecule has 1 atom stereocenters. The first kappa shape index (κ1) is 11.8. The summed E-state index contributed by atoms with van der Waals surface area (Å²) in [6.07, 6.45) is 1.02. The molecule has 1 nitrogen and oxygen atoms in total. The van der Waals surface area contributed by atoms with Gasteiger partial charge in [-0.05, 0) is 32.1 Å². The van der Waals surface area contributed by atoms with Gasteiger partial charge in [-0.25, -0.2) is 0 Å². The van der Waals surface area contributed by atoms with Gasteiger partial charge in [0.1, 0.15) is 0 Å². The van der Waals surface area contributed by atoms with Gasteiger partial charge < -0.3 is 4.90 Å². The third-order valence-corrected chi connectivity index (χ3v) is 2.79. The summed E-state index contributed by atoms with van der Waals surface area (Å²) in [5.41, 5.74) is 1.09. The van der Waals surface area contributed by atoms with E-state index in [-0.39, 0.29) is 0 Å². The number of rotatable bonds is 3. The van der Waals surface area contributed by atoms with Crippen molar-refractivity contribution in [3.8, 4) is 0 Å². The minimum absolute atomic E-state index is 0.330. The van der Waals surface area contributed by atoms with E-state index in [1.165, 1.54) is 0 Å². The average Bonchev–Trinajstić information content (AvgIpc) is 2.09. The van der Waals surface area contributed by atoms with Crippen LogP contribution in [0.15, 0.2) is 12.1 Å². The second kappa shape index (κ2) is 5.01. The molecule has 1 radical (unpaired) electrons. The molecule has 0 saturated heterocycles. The third kappa shape index (κ3) is 2.63. The smallest absolute Gasteiger partial charge is 0.0548 e. The summed E-state index contributed by atoms with van der Waals surface area (Å²) in [7, 11) is 4.08. The van der Waals surface area contributed by atoms with Gasteiger partial charge in [0.25, 0.3) is 0 Å². The van der Waals surface area contributed by atoms with Crippen molar-refractivity contribution >= 4 is 23.2 Å². The molecule has 0 aromatic heterocycles. The van der Waals surface area contributed by atoms with E-state index in [2.05, 4.69) is 17.9 Å². The van der Waals surface area contributed by atoms with E-state index in [0.717, 1.165) is 12.0 Å². The Balaban J connectivity index is 3.04. The fourth-order valence-electron chi connectivity index (χ4n) is 1.58. The Morgan fingerprint density at radius 3 is 2.43 bits per heavy atom. The molecule has 0 aliphatic heterocycles. The molecule has 77 valence electrons. The first-order valence-electron chi connectivity index (χ1n) is 4.60. The summed E-state index contributed by atoms with van der Waals surface area (Å²) < 4.78 is 0. The molecule has 0 amide bonds. The Morgan fingerprint density at radius 2 is 2.00 bits per heavy atom. The van der Waals surface area contributed by atoms with Crippen molar-refractivity contribution in [1.29, 1.82) is 0 Å². The van der Waals surface area contributed by atoms with Gasteiger partial charge in [0.05, 0.1) is 10.0 Å². The van der Waals surface area contributed by atoms with Gasteiger partial charge in [-0.15, -0.1) is 0 Å². The van der Waals surface area contributed by atoms with Gasteiger partial charge in [0, 0.05) is 12.1 Å². The van der Waals surface area contributed by atoms with Crippen LogP contribution in [0.1, 0.15) is 24.9 Å². The van der Waals surface area contributed by atoms with Crippen LogP contribution in [0.25, 0.3) is 0 Å². The van der Waals surface area contributed by atoms with Gasteiger partial charge in [0.2, 0.25) is 0 Å². The molecule has 0 aliphatic carbocycles. The maximum Gasteiger partial charge on any atom is 0.0548 e. The number of benzene rings is 1. The van der Waals surface area contributed by atoms with Gasteiger partial charge in [-0.3, -0.25) is 0 Å². The summed E-state index contributed by atoms with van der Waals surface area (Å²) in [4.78, 5) is 2.14. The number of hydrogen-bond acceptors (Lipinski definition) is 1. The van der Waals surface area contributed by atoms with E-state index in [1.54, 1.807) is 0 Å². The number of nitrogens with zero attached hydrogens (tertiary/aromatic N) is 1. The Labute approximate surface area is 95.6 Å². The van der Waals surface area contributed by atoms with E-state index < -0.39 is 0 Å². The SMILES string of the molecule is CCC(c1ccc(Cl)[c]c1Cl)N(C)C. The Kier molecular flexibility index (Phi) is 4.24. The standard InChI is InChI=1S/C11H14Cl2N/c1-4-11(14(2)3)9-6-5-8(12)7-10(9)13/h5-6,11H,4H2,1-3H3. The van der Waals surface area contributed by atoms with Crippen molar-refractivity contribution < 1.29 is 0 Å². The van der Waals surface area contributed by atoms with E-state index in [9.17, 15) is 0 Å². The fraction of sp³-hybridized carbons (Fsp3) is 0.455. The van der Waals surface area contributed by atoms with Crippen molar-refractivity contribution in [3.63, 3.8) is 0 Å². The molecule has 0 saturated carbocycles. The molecule has 1 aromatic carbocycles. The molecule has 0 heterocycles. The van der Waals surface area contributed by atoms with Gasteiger partial charge in [-0.1, -0.05) is 36.2 Å². The topological polar surface area (TPSA) is 3.24 Å². The van der Waals surface area contributed by atoms with Gasteiger partial charge in [0.15, 0.2) is 0 Å². The summed E-state index contributed by atoms with van der Waals surface area (Å²) in [6.45, 7) is 2.13. The lowest BCUT2D eigenvalue weighted by Gasteiger charge is -2.24. The molecule has 14 heavy (non-hydrogen) atoms. The van der Waals surface area contributed by atoms with Crippen LogP contribution in [0.4, 0.5) is 0 Å². The van der Waals surface area contributed by atoms with Gasteiger partial charge >= 0.3 is 0 Å². The zero-order chi connectivity index (χ0) is 10.7. The highest BCUT2D eigenvalue weighted by atomic mass is 35.5. The predicted octanol–water partition coefficient (Wildman–Crippen LogP) is 3.81. The van der Waals surface area contributed by atoms with Crippen molar-refractivity contribution in [3.05, 3.63) is 33.8 Å². The van der Waals surface area contributed by atoms with Crippen LogP contribution in [0, 0.1) is 6.07 Å². The summed E-state index contributed by atoms with van der Waals surface area (Å²) in [5, 5.41) is 1.19. The van der Waals surface area contributed by atoms with E-state index >= 15 is 0 Å². The molecular weight excluding hydrogens is 217 g/mol. The lowest BCUT2D eigenvalue weighted by molar-refractivity contribution is 0.292. The van der Waals surface area contributed by atoms with Crippen LogP contribution in [0.2, 0.25) is 10.0 Å². The van der Waals surface area contributed by atoms with Crippen LogP contribution >= 0.6 is 23.2 Å². The maximum absolute atomic E-state index is 6.08. The normalized spacial score (nSPS) is 13.3. The fourth-order valence-corrected chi connectivity index (χ4v) is 2.07. The molecule has 1 unspecified atom stereocenters. The van der Waals surface area contributed by atoms with E-state index in [4.69, 9.17) is 23.2 Å². The first-order valence-corrected chi connectivity index (χ1v) is 5.35. The summed E-state index contributed by atoms with van der Waals surface area (Å²) in [5.74, 6) is 0. The maximum atomic E-state index is 6.08. The van der Waals surface area contributed by atoms with Crippen molar-refractivity contribution in [2.45, 2.75) is 19.4 Å². The molecule has 0 N–H and O–H groups in total. The molecule has 0 aliphatic rings. The lowest BCUT2D eigenvalue weighted by Crippen LogP contribution is -2.19. The zero-order valence-corrected chi connectivity index (χ0v) is 10.2. The minimum Gasteiger partial charge on any atom is -0.302 e. The summed E-state index contributed by atoms with van der Waals surface area (Å²) in [6, 6.07) is 7.04. The van der Waals surface area contributed by atoms with Crippen LogP contribution in [-0.2, 0) is 0 Å². The van der Waals surface area contributed by atoms with Crippen LogP contribution in [0.3, 0.4) is 0 Å². The van der Waals surface area contributed by atoms with Crippen LogP contribution in [-0.4, -0.2) is 19.0 Å². The molecule has 0 fully saturated rings. The molecule has 0 bridgehead atoms. The van der Waals surface area contributed by atoms with Crippen molar-refractivity contribution in [2.24, 2.45) is 0 Å². The molecular formula is C11H14Cl2N. The Bertz CT molecular complexity index is 310. The molecule has 0 spiro atoms. The van der Waals surface area contributed by atoms with E-state index in [0.29, 0.717) is 16.1 Å². The number of hydrogen-bond donors (Lipinski definition) is 0. The highest BCUT2D eigenvalue weighted by Gasteiger charge is 2.14. The second-order valence-corrected chi connectivity index (χ2v) is 4.25. The first-order chi connectivity index (χ1) is 6.56.